The molecule has 1 heterocycles. The smallest absolute Gasteiger partial charge is 0.141 e. The molecule has 1 saturated heterocycles. The number of hydrogen-bond acceptors (Lipinski definition) is 3. The van der Waals surface area contributed by atoms with Gasteiger partial charge in [0.2, 0.25) is 0 Å². The second-order valence-corrected chi connectivity index (χ2v) is 5.89. The van der Waals surface area contributed by atoms with Crippen molar-refractivity contribution >= 4 is 23.4 Å². The lowest BCUT2D eigenvalue weighted by molar-refractivity contribution is 0.0674. The molecule has 2 N–H and O–H groups in total. The van der Waals surface area contributed by atoms with Crippen molar-refractivity contribution in [3.63, 3.8) is 0 Å². The summed E-state index contributed by atoms with van der Waals surface area (Å²) in [4.78, 5) is 0. The number of benzene rings is 1. The maximum absolute atomic E-state index is 12.9. The van der Waals surface area contributed by atoms with Gasteiger partial charge in [0, 0.05) is 18.8 Å². The Morgan fingerprint density at radius 1 is 1.53 bits per heavy atom. The van der Waals surface area contributed by atoms with Crippen molar-refractivity contribution < 1.29 is 9.50 Å². The molecule has 17 heavy (non-hydrogen) atoms. The third-order valence-corrected chi connectivity index (χ3v) is 4.37. The lowest BCUT2D eigenvalue weighted by Gasteiger charge is -2.21. The zero-order valence-corrected chi connectivity index (χ0v) is 11.0. The van der Waals surface area contributed by atoms with Gasteiger partial charge < -0.3 is 10.4 Å². The summed E-state index contributed by atoms with van der Waals surface area (Å²) in [7, 11) is 0. The Kier molecular flexibility index (Phi) is 4.31. The van der Waals surface area contributed by atoms with Gasteiger partial charge in [-0.1, -0.05) is 17.7 Å². The fraction of sp³-hybridized carbons (Fsp3) is 0.500. The minimum absolute atomic E-state index is 0.138. The van der Waals surface area contributed by atoms with Crippen molar-refractivity contribution in [1.82, 2.24) is 5.32 Å². The third kappa shape index (κ3) is 3.58. The first-order chi connectivity index (χ1) is 8.09. The molecule has 0 spiro atoms. The van der Waals surface area contributed by atoms with Crippen LogP contribution in [0.4, 0.5) is 4.39 Å². The molecule has 0 aromatic heterocycles. The van der Waals surface area contributed by atoms with Crippen molar-refractivity contribution in [2.45, 2.75) is 18.6 Å². The highest BCUT2D eigenvalue weighted by molar-refractivity contribution is 7.99. The van der Waals surface area contributed by atoms with Crippen LogP contribution in [0.1, 0.15) is 12.0 Å². The van der Waals surface area contributed by atoms with E-state index in [-0.39, 0.29) is 5.02 Å². The van der Waals surface area contributed by atoms with Gasteiger partial charge >= 0.3 is 0 Å². The molecular formula is C12H15ClFNOS. The van der Waals surface area contributed by atoms with E-state index in [0.717, 1.165) is 23.5 Å². The molecule has 0 amide bonds. The largest absolute Gasteiger partial charge is 0.388 e. The van der Waals surface area contributed by atoms with E-state index in [2.05, 4.69) is 5.32 Å². The number of aliphatic hydroxyl groups is 1. The molecule has 0 saturated carbocycles. The van der Waals surface area contributed by atoms with Gasteiger partial charge in [0.15, 0.2) is 0 Å². The van der Waals surface area contributed by atoms with Crippen LogP contribution in [0.5, 0.6) is 0 Å². The molecule has 1 aromatic carbocycles. The Bertz CT molecular complexity index is 396. The molecule has 2 rings (SSSR count). The number of halogens is 2. The molecule has 1 atom stereocenters. The molecule has 1 unspecified atom stereocenters. The van der Waals surface area contributed by atoms with Crippen LogP contribution in [0, 0.1) is 5.82 Å². The summed E-state index contributed by atoms with van der Waals surface area (Å²) in [5.74, 6) is 1.39. The molecule has 0 aliphatic carbocycles. The predicted molar refractivity (Wildman–Crippen MR) is 70.0 cm³/mol. The fourth-order valence-corrected chi connectivity index (χ4v) is 3.32. The van der Waals surface area contributed by atoms with Gasteiger partial charge in [-0.15, -0.1) is 0 Å². The molecule has 1 aliphatic heterocycles. The monoisotopic (exact) mass is 275 g/mol. The van der Waals surface area contributed by atoms with Crippen LogP contribution >= 0.6 is 23.4 Å². The average Bonchev–Trinajstić information content (AvgIpc) is 2.71. The quantitative estimate of drug-likeness (QED) is 0.885. The molecule has 5 heteroatoms. The highest BCUT2D eigenvalue weighted by Crippen LogP contribution is 2.27. The van der Waals surface area contributed by atoms with E-state index in [0.29, 0.717) is 13.1 Å². The number of hydrogen-bond donors (Lipinski definition) is 2. The maximum Gasteiger partial charge on any atom is 0.141 e. The van der Waals surface area contributed by atoms with Crippen LogP contribution in [0.15, 0.2) is 18.2 Å². The predicted octanol–water partition coefficient (Wildman–Crippen LogP) is 2.44. The van der Waals surface area contributed by atoms with Gasteiger partial charge in [0.25, 0.3) is 0 Å². The second-order valence-electron chi connectivity index (χ2n) is 4.38. The van der Waals surface area contributed by atoms with Crippen LogP contribution in [-0.2, 0) is 6.54 Å². The van der Waals surface area contributed by atoms with Crippen molar-refractivity contribution in [2.75, 3.05) is 18.1 Å². The first-order valence-electron chi connectivity index (χ1n) is 5.54. The standard InChI is InChI=1S/C12H15ClFNOS/c13-10-5-9(1-2-11(10)14)6-15-7-12(16)3-4-17-8-12/h1-2,5,15-16H,3-4,6-8H2. The molecule has 0 radical (unpaired) electrons. The summed E-state index contributed by atoms with van der Waals surface area (Å²) in [6, 6.07) is 4.67. The van der Waals surface area contributed by atoms with Gasteiger partial charge in [-0.2, -0.15) is 11.8 Å². The molecule has 1 fully saturated rings. The lowest BCUT2D eigenvalue weighted by atomic mass is 10.0. The Morgan fingerprint density at radius 2 is 2.35 bits per heavy atom. The zero-order chi connectivity index (χ0) is 12.3. The van der Waals surface area contributed by atoms with Gasteiger partial charge in [0.05, 0.1) is 10.6 Å². The first kappa shape index (κ1) is 13.1. The van der Waals surface area contributed by atoms with Crippen molar-refractivity contribution in [1.29, 1.82) is 0 Å². The van der Waals surface area contributed by atoms with Crippen LogP contribution in [0.2, 0.25) is 5.02 Å². The molecule has 1 aromatic rings. The Hall–Kier alpha value is -0.290. The van der Waals surface area contributed by atoms with Crippen LogP contribution in [0.3, 0.4) is 0 Å². The average molecular weight is 276 g/mol. The van der Waals surface area contributed by atoms with Gasteiger partial charge in [-0.25, -0.2) is 4.39 Å². The number of nitrogens with one attached hydrogen (secondary N) is 1. The first-order valence-corrected chi connectivity index (χ1v) is 7.07. The topological polar surface area (TPSA) is 32.3 Å². The van der Waals surface area contributed by atoms with E-state index in [4.69, 9.17) is 11.6 Å². The van der Waals surface area contributed by atoms with E-state index in [1.165, 1.54) is 6.07 Å². The van der Waals surface area contributed by atoms with Gasteiger partial charge in [0.1, 0.15) is 5.82 Å². The Balaban J connectivity index is 1.83. The summed E-state index contributed by atoms with van der Waals surface area (Å²) >= 11 is 7.46. The van der Waals surface area contributed by atoms with E-state index in [1.54, 1.807) is 23.9 Å². The number of rotatable bonds is 4. The summed E-state index contributed by atoms with van der Waals surface area (Å²) < 4.78 is 12.9. The van der Waals surface area contributed by atoms with Crippen LogP contribution in [-0.4, -0.2) is 28.8 Å². The minimum Gasteiger partial charge on any atom is -0.388 e. The Morgan fingerprint density at radius 3 is 3.00 bits per heavy atom. The summed E-state index contributed by atoms with van der Waals surface area (Å²) in [5, 5.41) is 13.4. The van der Waals surface area contributed by atoms with Crippen molar-refractivity contribution in [2.24, 2.45) is 0 Å². The highest BCUT2D eigenvalue weighted by Gasteiger charge is 2.30. The van der Waals surface area contributed by atoms with E-state index in [1.807, 2.05) is 0 Å². The van der Waals surface area contributed by atoms with Gasteiger partial charge in [-0.3, -0.25) is 0 Å². The summed E-state index contributed by atoms with van der Waals surface area (Å²) in [5.41, 5.74) is 0.333. The molecule has 1 aliphatic rings. The normalized spacial score (nSPS) is 24.2. The summed E-state index contributed by atoms with van der Waals surface area (Å²) in [6.45, 7) is 1.15. The highest BCUT2D eigenvalue weighted by atomic mass is 35.5. The molecule has 0 bridgehead atoms. The maximum atomic E-state index is 12.9. The van der Waals surface area contributed by atoms with E-state index in [9.17, 15) is 9.50 Å². The van der Waals surface area contributed by atoms with Gasteiger partial charge in [-0.05, 0) is 29.9 Å². The lowest BCUT2D eigenvalue weighted by Crippen LogP contribution is -2.40. The van der Waals surface area contributed by atoms with Crippen molar-refractivity contribution in [3.05, 3.63) is 34.6 Å². The van der Waals surface area contributed by atoms with Crippen LogP contribution < -0.4 is 5.32 Å². The Labute approximate surface area is 110 Å². The number of thioether (sulfide) groups is 1. The molecule has 2 nitrogen and oxygen atoms in total. The molecule has 94 valence electrons. The SMILES string of the molecule is OC1(CNCc2ccc(F)c(Cl)c2)CCSC1. The van der Waals surface area contributed by atoms with Crippen molar-refractivity contribution in [3.8, 4) is 0 Å². The molecular weight excluding hydrogens is 261 g/mol. The fourth-order valence-electron chi connectivity index (χ4n) is 1.82. The second kappa shape index (κ2) is 5.57. The zero-order valence-electron chi connectivity index (χ0n) is 9.38. The minimum atomic E-state index is -0.589. The summed E-state index contributed by atoms with van der Waals surface area (Å²) in [6.07, 6.45) is 0.828. The third-order valence-electron chi connectivity index (χ3n) is 2.85. The van der Waals surface area contributed by atoms with E-state index < -0.39 is 11.4 Å². The van der Waals surface area contributed by atoms with Crippen LogP contribution in [0.25, 0.3) is 0 Å². The van der Waals surface area contributed by atoms with E-state index >= 15 is 0 Å².